The lowest BCUT2D eigenvalue weighted by atomic mass is 10.1. The molecule has 1 atom stereocenters. The summed E-state index contributed by atoms with van der Waals surface area (Å²) in [5.41, 5.74) is 0.643. The molecular weight excluding hydrogens is 360 g/mol. The van der Waals surface area contributed by atoms with Crippen LogP contribution in [0.15, 0.2) is 24.3 Å². The van der Waals surface area contributed by atoms with Crippen LogP contribution >= 0.6 is 0 Å². The maximum Gasteiger partial charge on any atom is 0.322 e. The Balaban J connectivity index is 1.64. The number of amides is 2. The van der Waals surface area contributed by atoms with Crippen LogP contribution in [0.3, 0.4) is 0 Å². The normalized spacial score (nSPS) is 21.1. The lowest BCUT2D eigenvalue weighted by Crippen LogP contribution is -2.49. The van der Waals surface area contributed by atoms with Crippen molar-refractivity contribution >= 4 is 27.8 Å². The van der Waals surface area contributed by atoms with E-state index >= 15 is 0 Å². The van der Waals surface area contributed by atoms with Gasteiger partial charge in [0.2, 0.25) is 10.0 Å². The van der Waals surface area contributed by atoms with Gasteiger partial charge >= 0.3 is 5.97 Å². The molecule has 1 aromatic rings. The molecule has 2 amide bonds. The fraction of sp³-hybridized carbons (Fsp3) is 0.471. The van der Waals surface area contributed by atoms with E-state index in [2.05, 4.69) is 0 Å². The zero-order valence-electron chi connectivity index (χ0n) is 14.1. The molecule has 0 radical (unpaired) electrons. The number of sulfonamides is 1. The first-order valence-corrected chi connectivity index (χ1v) is 10.1. The van der Waals surface area contributed by atoms with Crippen molar-refractivity contribution in [1.29, 1.82) is 0 Å². The number of carbonyl (C=O) groups excluding carboxylic acids is 2. The van der Waals surface area contributed by atoms with Crippen LogP contribution in [0.25, 0.3) is 0 Å². The van der Waals surface area contributed by atoms with Gasteiger partial charge in [-0.15, -0.1) is 0 Å². The molecule has 2 aliphatic rings. The second kappa shape index (κ2) is 7.16. The van der Waals surface area contributed by atoms with Crippen LogP contribution in [0.2, 0.25) is 0 Å². The van der Waals surface area contributed by atoms with Crippen LogP contribution in [0.1, 0.15) is 46.4 Å². The molecule has 1 fully saturated rings. The molecule has 0 spiro atoms. The van der Waals surface area contributed by atoms with E-state index < -0.39 is 33.8 Å². The third kappa shape index (κ3) is 3.36. The highest BCUT2D eigenvalue weighted by Gasteiger charge is 2.38. The van der Waals surface area contributed by atoms with Crippen molar-refractivity contribution in [3.8, 4) is 0 Å². The Kier molecular flexibility index (Phi) is 5.10. The van der Waals surface area contributed by atoms with Crippen molar-refractivity contribution in [1.82, 2.24) is 9.21 Å². The molecule has 140 valence electrons. The Labute approximate surface area is 151 Å². The van der Waals surface area contributed by atoms with E-state index in [-0.39, 0.29) is 25.3 Å². The molecule has 26 heavy (non-hydrogen) atoms. The molecule has 1 aromatic carbocycles. The summed E-state index contributed by atoms with van der Waals surface area (Å²) in [6.07, 6.45) is 1.67. The molecule has 2 heterocycles. The zero-order valence-corrected chi connectivity index (χ0v) is 14.9. The number of fused-ring (bicyclic) bond motifs is 1. The summed E-state index contributed by atoms with van der Waals surface area (Å²) in [6.45, 7) is 0.170. The monoisotopic (exact) mass is 380 g/mol. The molecule has 9 heteroatoms. The van der Waals surface area contributed by atoms with Gasteiger partial charge in [-0.05, 0) is 37.8 Å². The number of hydrogen-bond acceptors (Lipinski definition) is 5. The number of nitrogens with zero attached hydrogens (tertiary/aromatic N) is 2. The van der Waals surface area contributed by atoms with Crippen molar-refractivity contribution in [3.63, 3.8) is 0 Å². The highest BCUT2D eigenvalue weighted by atomic mass is 32.2. The van der Waals surface area contributed by atoms with Gasteiger partial charge in [-0.25, -0.2) is 8.42 Å². The molecular formula is C17H20N2O6S. The number of imide groups is 1. The largest absolute Gasteiger partial charge is 0.480 e. The smallest absolute Gasteiger partial charge is 0.322 e. The van der Waals surface area contributed by atoms with Gasteiger partial charge in [0.05, 0.1) is 16.9 Å². The van der Waals surface area contributed by atoms with Gasteiger partial charge in [0.1, 0.15) is 6.04 Å². The Morgan fingerprint density at radius 2 is 1.73 bits per heavy atom. The second-order valence-corrected chi connectivity index (χ2v) is 8.48. The van der Waals surface area contributed by atoms with Gasteiger partial charge in [0.15, 0.2) is 0 Å². The third-order valence-electron chi connectivity index (χ3n) is 4.76. The predicted octanol–water partition coefficient (Wildman–Crippen LogP) is 0.942. The van der Waals surface area contributed by atoms with Gasteiger partial charge in [-0.3, -0.25) is 19.3 Å². The van der Waals surface area contributed by atoms with Gasteiger partial charge in [-0.2, -0.15) is 4.31 Å². The van der Waals surface area contributed by atoms with Crippen LogP contribution in [0.5, 0.6) is 0 Å². The summed E-state index contributed by atoms with van der Waals surface area (Å²) in [5, 5.41) is 9.24. The lowest BCUT2D eigenvalue weighted by Gasteiger charge is -2.32. The molecule has 2 aliphatic heterocycles. The van der Waals surface area contributed by atoms with E-state index in [1.807, 2.05) is 0 Å². The predicted molar refractivity (Wildman–Crippen MR) is 92.2 cm³/mol. The third-order valence-corrected chi connectivity index (χ3v) is 6.71. The molecule has 1 unspecified atom stereocenters. The first-order chi connectivity index (χ1) is 12.3. The number of carboxylic acids is 1. The summed E-state index contributed by atoms with van der Waals surface area (Å²) >= 11 is 0. The highest BCUT2D eigenvalue weighted by Crippen LogP contribution is 2.24. The Hall–Kier alpha value is -2.26. The van der Waals surface area contributed by atoms with Crippen LogP contribution < -0.4 is 0 Å². The fourth-order valence-electron chi connectivity index (χ4n) is 3.45. The van der Waals surface area contributed by atoms with Crippen LogP contribution in [0, 0.1) is 0 Å². The second-order valence-electron chi connectivity index (χ2n) is 6.44. The molecule has 1 N–H and O–H groups in total. The average molecular weight is 380 g/mol. The zero-order chi connectivity index (χ0) is 18.9. The quantitative estimate of drug-likeness (QED) is 0.735. The maximum atomic E-state index is 12.5. The summed E-state index contributed by atoms with van der Waals surface area (Å²) in [7, 11) is -3.77. The maximum absolute atomic E-state index is 12.5. The van der Waals surface area contributed by atoms with Gasteiger partial charge < -0.3 is 5.11 Å². The highest BCUT2D eigenvalue weighted by molar-refractivity contribution is 7.89. The number of aliphatic carboxylic acids is 1. The van der Waals surface area contributed by atoms with Gasteiger partial charge in [0, 0.05) is 13.1 Å². The standard InChI is InChI=1S/C17H20N2O6S/c20-15-12-6-1-2-7-13(12)16(21)18(15)9-5-11-26(24,25)19-10-4-3-8-14(19)17(22)23/h1-2,6-7,14H,3-5,8-11H2,(H,22,23). The number of hydrogen-bond donors (Lipinski definition) is 1. The van der Waals surface area contributed by atoms with Crippen molar-refractivity contribution < 1.29 is 27.9 Å². The topological polar surface area (TPSA) is 112 Å². The van der Waals surface area contributed by atoms with E-state index in [1.165, 1.54) is 0 Å². The minimum absolute atomic E-state index is 0.0167. The SMILES string of the molecule is O=C(O)C1CCCCN1S(=O)(=O)CCCN1C(=O)c2ccccc2C1=O. The minimum atomic E-state index is -3.77. The van der Waals surface area contributed by atoms with E-state index in [1.54, 1.807) is 24.3 Å². The number of carboxylic acid groups (broad SMARTS) is 1. The van der Waals surface area contributed by atoms with Crippen molar-refractivity contribution in [2.45, 2.75) is 31.7 Å². The number of piperidine rings is 1. The molecule has 3 rings (SSSR count). The fourth-order valence-corrected chi connectivity index (χ4v) is 5.17. The minimum Gasteiger partial charge on any atom is -0.480 e. The Bertz CT molecular complexity index is 816. The van der Waals surface area contributed by atoms with E-state index in [0.717, 1.165) is 9.21 Å². The molecule has 0 aromatic heterocycles. The van der Waals surface area contributed by atoms with Gasteiger partial charge in [0.25, 0.3) is 11.8 Å². The van der Waals surface area contributed by atoms with Gasteiger partial charge in [-0.1, -0.05) is 12.1 Å². The number of benzene rings is 1. The number of rotatable bonds is 6. The van der Waals surface area contributed by atoms with E-state index in [9.17, 15) is 27.9 Å². The number of carbonyl (C=O) groups is 3. The molecule has 8 nitrogen and oxygen atoms in total. The summed E-state index contributed by atoms with van der Waals surface area (Å²) in [4.78, 5) is 36.9. The molecule has 1 saturated heterocycles. The lowest BCUT2D eigenvalue weighted by molar-refractivity contribution is -0.142. The first kappa shape index (κ1) is 18.5. The van der Waals surface area contributed by atoms with Crippen molar-refractivity contribution in [2.75, 3.05) is 18.8 Å². The van der Waals surface area contributed by atoms with E-state index in [4.69, 9.17) is 0 Å². The van der Waals surface area contributed by atoms with E-state index in [0.29, 0.717) is 30.4 Å². The summed E-state index contributed by atoms with van der Waals surface area (Å²) in [6, 6.07) is 5.43. The molecule has 0 saturated carbocycles. The van der Waals surface area contributed by atoms with Crippen LogP contribution in [-0.2, 0) is 14.8 Å². The Morgan fingerprint density at radius 3 is 2.31 bits per heavy atom. The van der Waals surface area contributed by atoms with Crippen LogP contribution in [0.4, 0.5) is 0 Å². The van der Waals surface area contributed by atoms with Crippen molar-refractivity contribution in [3.05, 3.63) is 35.4 Å². The average Bonchev–Trinajstić information content (AvgIpc) is 2.87. The Morgan fingerprint density at radius 1 is 1.12 bits per heavy atom. The van der Waals surface area contributed by atoms with Crippen molar-refractivity contribution in [2.24, 2.45) is 0 Å². The summed E-state index contributed by atoms with van der Waals surface area (Å²) < 4.78 is 26.1. The molecule has 0 bridgehead atoms. The molecule has 0 aliphatic carbocycles. The van der Waals surface area contributed by atoms with Crippen LogP contribution in [-0.4, -0.2) is 65.4 Å². The first-order valence-electron chi connectivity index (χ1n) is 8.50. The summed E-state index contributed by atoms with van der Waals surface area (Å²) in [5.74, 6) is -2.30.